The zero-order valence-electron chi connectivity index (χ0n) is 13.6. The second-order valence-electron chi connectivity index (χ2n) is 4.93. The second kappa shape index (κ2) is 8.25. The molecule has 2 rings (SSSR count). The van der Waals surface area contributed by atoms with Gasteiger partial charge in [0.05, 0.1) is 17.9 Å². The molecule has 0 aliphatic heterocycles. The molecule has 0 spiro atoms. The van der Waals surface area contributed by atoms with E-state index in [1.165, 1.54) is 11.8 Å². The number of hydrogen-bond donors (Lipinski definition) is 2. The molecule has 0 bridgehead atoms. The fourth-order valence-corrected chi connectivity index (χ4v) is 1.99. The fourth-order valence-electron chi connectivity index (χ4n) is 1.80. The molecule has 0 fully saturated rings. The van der Waals surface area contributed by atoms with Crippen molar-refractivity contribution in [2.45, 2.75) is 6.92 Å². The molecule has 132 valence electrons. The Bertz CT molecular complexity index is 805. The van der Waals surface area contributed by atoms with Crippen LogP contribution in [0.1, 0.15) is 16.2 Å². The SMILES string of the molecule is CNC(=O)CNC(=O)COC(=O)c1nn(-c2cccc(Cl)c2)nc1C. The molecule has 0 aliphatic rings. The van der Waals surface area contributed by atoms with Gasteiger partial charge in [-0.1, -0.05) is 17.7 Å². The largest absolute Gasteiger partial charge is 0.451 e. The van der Waals surface area contributed by atoms with Crippen LogP contribution in [-0.4, -0.2) is 53.0 Å². The molecule has 9 nitrogen and oxygen atoms in total. The monoisotopic (exact) mass is 365 g/mol. The van der Waals surface area contributed by atoms with Crippen molar-refractivity contribution in [2.75, 3.05) is 20.2 Å². The Kier molecular flexibility index (Phi) is 6.07. The Hall–Kier alpha value is -2.94. The average molecular weight is 366 g/mol. The first-order chi connectivity index (χ1) is 11.9. The highest BCUT2D eigenvalue weighted by atomic mass is 35.5. The van der Waals surface area contributed by atoms with Crippen LogP contribution in [0.2, 0.25) is 5.02 Å². The van der Waals surface area contributed by atoms with E-state index in [1.54, 1.807) is 31.2 Å². The van der Waals surface area contributed by atoms with E-state index in [0.717, 1.165) is 0 Å². The standard InChI is InChI=1S/C15H16ClN5O4/c1-9-14(15(24)25-8-13(23)18-7-12(22)17-2)20-21(19-9)11-5-3-4-10(16)6-11/h3-6H,7-8H2,1-2H3,(H,17,22)(H,18,23). The maximum Gasteiger partial charge on any atom is 0.361 e. The van der Waals surface area contributed by atoms with Crippen LogP contribution in [-0.2, 0) is 14.3 Å². The summed E-state index contributed by atoms with van der Waals surface area (Å²) < 4.78 is 4.88. The summed E-state index contributed by atoms with van der Waals surface area (Å²) in [6.07, 6.45) is 0. The van der Waals surface area contributed by atoms with Gasteiger partial charge in [0, 0.05) is 12.1 Å². The average Bonchev–Trinajstić information content (AvgIpc) is 2.99. The van der Waals surface area contributed by atoms with Crippen LogP contribution in [0.4, 0.5) is 0 Å². The van der Waals surface area contributed by atoms with E-state index in [4.69, 9.17) is 16.3 Å². The summed E-state index contributed by atoms with van der Waals surface area (Å²) >= 11 is 5.92. The molecule has 10 heteroatoms. The molecular formula is C15H16ClN5O4. The molecule has 2 amide bonds. The molecule has 1 aromatic heterocycles. The summed E-state index contributed by atoms with van der Waals surface area (Å²) in [6, 6.07) is 6.80. The summed E-state index contributed by atoms with van der Waals surface area (Å²) in [7, 11) is 1.44. The number of benzene rings is 1. The summed E-state index contributed by atoms with van der Waals surface area (Å²) in [5.74, 6) is -1.75. The number of rotatable bonds is 6. The third-order valence-corrected chi connectivity index (χ3v) is 3.31. The van der Waals surface area contributed by atoms with Gasteiger partial charge in [-0.05, 0) is 25.1 Å². The second-order valence-corrected chi connectivity index (χ2v) is 5.37. The number of hydrogen-bond acceptors (Lipinski definition) is 6. The van der Waals surface area contributed by atoms with Crippen molar-refractivity contribution in [3.05, 3.63) is 40.7 Å². The van der Waals surface area contributed by atoms with E-state index in [1.807, 2.05) is 0 Å². The number of nitrogens with zero attached hydrogens (tertiary/aromatic N) is 3. The quantitative estimate of drug-likeness (QED) is 0.709. The lowest BCUT2D eigenvalue weighted by Crippen LogP contribution is -2.37. The molecule has 1 heterocycles. The molecule has 2 aromatic rings. The lowest BCUT2D eigenvalue weighted by Gasteiger charge is -2.05. The van der Waals surface area contributed by atoms with Crippen LogP contribution in [0.25, 0.3) is 5.69 Å². The highest BCUT2D eigenvalue weighted by Gasteiger charge is 2.19. The third kappa shape index (κ3) is 5.01. The molecule has 1 aromatic carbocycles. The molecule has 0 radical (unpaired) electrons. The Balaban J connectivity index is 1.98. The van der Waals surface area contributed by atoms with Crippen molar-refractivity contribution in [2.24, 2.45) is 0 Å². The van der Waals surface area contributed by atoms with Gasteiger partial charge in [-0.2, -0.15) is 9.90 Å². The molecule has 0 unspecified atom stereocenters. The van der Waals surface area contributed by atoms with Gasteiger partial charge in [-0.15, -0.1) is 5.10 Å². The summed E-state index contributed by atoms with van der Waals surface area (Å²) in [4.78, 5) is 35.8. The molecule has 25 heavy (non-hydrogen) atoms. The predicted octanol–water partition coefficient (Wildman–Crippen LogP) is 0.248. The zero-order valence-corrected chi connectivity index (χ0v) is 14.3. The maximum atomic E-state index is 12.1. The molecule has 0 saturated carbocycles. The van der Waals surface area contributed by atoms with Crippen LogP contribution >= 0.6 is 11.6 Å². The van der Waals surface area contributed by atoms with Crippen molar-refractivity contribution >= 4 is 29.4 Å². The van der Waals surface area contributed by atoms with Crippen molar-refractivity contribution in [3.63, 3.8) is 0 Å². The van der Waals surface area contributed by atoms with E-state index in [-0.39, 0.29) is 18.1 Å². The fraction of sp³-hybridized carbons (Fsp3) is 0.267. The van der Waals surface area contributed by atoms with E-state index < -0.39 is 18.5 Å². The van der Waals surface area contributed by atoms with E-state index >= 15 is 0 Å². The topological polar surface area (TPSA) is 115 Å². The van der Waals surface area contributed by atoms with Gasteiger partial charge in [-0.3, -0.25) is 9.59 Å². The number of nitrogens with one attached hydrogen (secondary N) is 2. The maximum absolute atomic E-state index is 12.1. The Morgan fingerprint density at radius 1 is 1.24 bits per heavy atom. The minimum atomic E-state index is -0.791. The van der Waals surface area contributed by atoms with E-state index in [9.17, 15) is 14.4 Å². The Morgan fingerprint density at radius 3 is 2.68 bits per heavy atom. The van der Waals surface area contributed by atoms with Crippen molar-refractivity contribution in [1.82, 2.24) is 25.6 Å². The van der Waals surface area contributed by atoms with Gasteiger partial charge >= 0.3 is 5.97 Å². The number of carbonyl (C=O) groups excluding carboxylic acids is 3. The Labute approximate surface area is 148 Å². The molecular weight excluding hydrogens is 350 g/mol. The van der Waals surface area contributed by atoms with Crippen LogP contribution in [0, 0.1) is 6.92 Å². The molecule has 0 atom stereocenters. The number of halogens is 1. The van der Waals surface area contributed by atoms with Gasteiger partial charge < -0.3 is 15.4 Å². The lowest BCUT2D eigenvalue weighted by molar-refractivity contribution is -0.127. The third-order valence-electron chi connectivity index (χ3n) is 3.07. The highest BCUT2D eigenvalue weighted by Crippen LogP contribution is 2.14. The van der Waals surface area contributed by atoms with Crippen LogP contribution in [0.5, 0.6) is 0 Å². The summed E-state index contributed by atoms with van der Waals surface area (Å²) in [6.45, 7) is 0.868. The smallest absolute Gasteiger partial charge is 0.361 e. The van der Waals surface area contributed by atoms with Gasteiger partial charge in [0.25, 0.3) is 5.91 Å². The number of aryl methyl sites for hydroxylation is 1. The van der Waals surface area contributed by atoms with E-state index in [0.29, 0.717) is 16.4 Å². The van der Waals surface area contributed by atoms with Crippen molar-refractivity contribution in [1.29, 1.82) is 0 Å². The highest BCUT2D eigenvalue weighted by molar-refractivity contribution is 6.30. The number of carbonyl (C=O) groups is 3. The number of likely N-dealkylation sites (N-methyl/N-ethyl adjacent to an activating group) is 1. The number of ether oxygens (including phenoxy) is 1. The van der Waals surface area contributed by atoms with Crippen LogP contribution in [0.15, 0.2) is 24.3 Å². The first-order valence-corrected chi connectivity index (χ1v) is 7.62. The lowest BCUT2D eigenvalue weighted by atomic mass is 10.3. The number of amides is 2. The minimum Gasteiger partial charge on any atom is -0.451 e. The van der Waals surface area contributed by atoms with Crippen LogP contribution in [0.3, 0.4) is 0 Å². The summed E-state index contributed by atoms with van der Waals surface area (Å²) in [5, 5.41) is 13.4. The van der Waals surface area contributed by atoms with Gasteiger partial charge in [0.15, 0.2) is 12.3 Å². The minimum absolute atomic E-state index is 0.0147. The van der Waals surface area contributed by atoms with Crippen molar-refractivity contribution in [3.8, 4) is 5.69 Å². The van der Waals surface area contributed by atoms with Gasteiger partial charge in [0.2, 0.25) is 5.91 Å². The molecule has 0 saturated heterocycles. The van der Waals surface area contributed by atoms with Crippen molar-refractivity contribution < 1.29 is 19.1 Å². The van der Waals surface area contributed by atoms with Gasteiger partial charge in [-0.25, -0.2) is 4.79 Å². The van der Waals surface area contributed by atoms with Crippen LogP contribution < -0.4 is 10.6 Å². The van der Waals surface area contributed by atoms with Gasteiger partial charge in [0.1, 0.15) is 0 Å². The first-order valence-electron chi connectivity index (χ1n) is 7.25. The molecule has 0 aliphatic carbocycles. The number of aromatic nitrogens is 3. The number of esters is 1. The normalized spacial score (nSPS) is 10.2. The predicted molar refractivity (Wildman–Crippen MR) is 88.5 cm³/mol. The summed E-state index contributed by atoms with van der Waals surface area (Å²) in [5.41, 5.74) is 0.910. The zero-order chi connectivity index (χ0) is 18.4. The first kappa shape index (κ1) is 18.4. The van der Waals surface area contributed by atoms with E-state index in [2.05, 4.69) is 20.8 Å². The molecule has 2 N–H and O–H groups in total. The Morgan fingerprint density at radius 2 is 2.00 bits per heavy atom.